The van der Waals surface area contributed by atoms with Crippen molar-refractivity contribution in [2.24, 2.45) is 11.3 Å². The van der Waals surface area contributed by atoms with Gasteiger partial charge in [0.2, 0.25) is 11.8 Å². The molecule has 2 saturated heterocycles. The van der Waals surface area contributed by atoms with Crippen LogP contribution in [0.15, 0.2) is 35.2 Å². The average molecular weight is 356 g/mol. The third kappa shape index (κ3) is 3.57. The van der Waals surface area contributed by atoms with Gasteiger partial charge in [0.05, 0.1) is 12.5 Å². The summed E-state index contributed by atoms with van der Waals surface area (Å²) in [6.07, 6.45) is 14.2. The fourth-order valence-corrected chi connectivity index (χ4v) is 4.74. The molecule has 3 heterocycles. The van der Waals surface area contributed by atoms with E-state index in [-0.39, 0.29) is 17.2 Å². The predicted octanol–water partition coefficient (Wildman–Crippen LogP) is 3.37. The highest BCUT2D eigenvalue weighted by molar-refractivity contribution is 5.79. The lowest BCUT2D eigenvalue weighted by atomic mass is 9.72. The maximum Gasteiger partial charge on any atom is 0.226 e. The van der Waals surface area contributed by atoms with E-state index in [0.29, 0.717) is 18.9 Å². The van der Waals surface area contributed by atoms with Crippen molar-refractivity contribution in [3.63, 3.8) is 0 Å². The number of hydrogen-bond donors (Lipinski definition) is 0. The third-order valence-corrected chi connectivity index (χ3v) is 6.46. The minimum Gasteiger partial charge on any atom is -0.472 e. The van der Waals surface area contributed by atoms with Crippen LogP contribution in [0.4, 0.5) is 0 Å². The van der Waals surface area contributed by atoms with E-state index in [1.807, 2.05) is 11.0 Å². The normalized spacial score (nSPS) is 25.7. The van der Waals surface area contributed by atoms with E-state index in [1.165, 1.54) is 0 Å². The number of piperidine rings is 2. The molecule has 2 amide bonds. The molecule has 140 valence electrons. The van der Waals surface area contributed by atoms with E-state index in [2.05, 4.69) is 17.1 Å². The first-order chi connectivity index (χ1) is 12.7. The zero-order valence-electron chi connectivity index (χ0n) is 15.4. The number of carbonyl (C=O) groups is 2. The second-order valence-electron chi connectivity index (χ2n) is 8.19. The maximum absolute atomic E-state index is 12.8. The first kappa shape index (κ1) is 17.4. The van der Waals surface area contributed by atoms with Gasteiger partial charge in [0.15, 0.2) is 0 Å². The smallest absolute Gasteiger partial charge is 0.226 e. The summed E-state index contributed by atoms with van der Waals surface area (Å²) in [6.45, 7) is 3.12. The highest BCUT2D eigenvalue weighted by atomic mass is 16.3. The molecule has 0 N–H and O–H groups in total. The van der Waals surface area contributed by atoms with Gasteiger partial charge in [0, 0.05) is 44.1 Å². The molecular weight excluding hydrogens is 328 g/mol. The molecule has 1 aromatic rings. The van der Waals surface area contributed by atoms with Gasteiger partial charge < -0.3 is 14.2 Å². The van der Waals surface area contributed by atoms with Gasteiger partial charge in [-0.05, 0) is 50.0 Å². The molecule has 1 aliphatic carbocycles. The number of likely N-dealkylation sites (tertiary alicyclic amines) is 2. The Labute approximate surface area is 155 Å². The topological polar surface area (TPSA) is 53.8 Å². The quantitative estimate of drug-likeness (QED) is 0.780. The van der Waals surface area contributed by atoms with E-state index in [1.54, 1.807) is 12.5 Å². The van der Waals surface area contributed by atoms with Gasteiger partial charge in [-0.25, -0.2) is 0 Å². The molecule has 1 unspecified atom stereocenters. The number of hydrogen-bond acceptors (Lipinski definition) is 3. The molecule has 2 fully saturated rings. The monoisotopic (exact) mass is 356 g/mol. The lowest BCUT2D eigenvalue weighted by Crippen LogP contribution is -2.52. The Morgan fingerprint density at radius 1 is 1.23 bits per heavy atom. The largest absolute Gasteiger partial charge is 0.472 e. The fraction of sp³-hybridized carbons (Fsp3) is 0.619. The second kappa shape index (κ2) is 7.29. The highest BCUT2D eigenvalue weighted by Crippen LogP contribution is 2.41. The summed E-state index contributed by atoms with van der Waals surface area (Å²) in [5.74, 6) is 0.759. The molecule has 3 aliphatic rings. The van der Waals surface area contributed by atoms with Crippen LogP contribution in [0.1, 0.15) is 50.5 Å². The summed E-state index contributed by atoms with van der Waals surface area (Å²) in [6, 6.07) is 1.93. The van der Waals surface area contributed by atoms with Crippen LogP contribution >= 0.6 is 0 Å². The Hall–Kier alpha value is -2.04. The lowest BCUT2D eigenvalue weighted by molar-refractivity contribution is -0.144. The Kier molecular flexibility index (Phi) is 4.88. The standard InChI is InChI=1S/C21H28N2O3/c24-19-6-8-21(16-23(19)14-17-7-13-26-15-17)9-11-22(12-10-21)20(25)18-4-2-1-3-5-18/h1-2,7,13,15,18H,3-6,8-12,14,16H2. The maximum atomic E-state index is 12.8. The fourth-order valence-electron chi connectivity index (χ4n) is 4.74. The Morgan fingerprint density at radius 2 is 2.08 bits per heavy atom. The van der Waals surface area contributed by atoms with Gasteiger partial charge >= 0.3 is 0 Å². The van der Waals surface area contributed by atoms with Crippen LogP contribution in [0.3, 0.4) is 0 Å². The summed E-state index contributed by atoms with van der Waals surface area (Å²) < 4.78 is 5.14. The zero-order chi connectivity index (χ0) is 18.0. The van der Waals surface area contributed by atoms with Gasteiger partial charge in [-0.3, -0.25) is 9.59 Å². The number of rotatable bonds is 3. The van der Waals surface area contributed by atoms with E-state index in [9.17, 15) is 9.59 Å². The molecule has 26 heavy (non-hydrogen) atoms. The molecular formula is C21H28N2O3. The first-order valence-electron chi connectivity index (χ1n) is 9.88. The summed E-state index contributed by atoms with van der Waals surface area (Å²) in [5, 5.41) is 0. The Bertz CT molecular complexity index is 671. The molecule has 2 aliphatic heterocycles. The molecule has 1 spiro atoms. The number of allylic oxidation sites excluding steroid dienone is 2. The van der Waals surface area contributed by atoms with E-state index >= 15 is 0 Å². The molecule has 1 atom stereocenters. The van der Waals surface area contributed by atoms with Crippen LogP contribution in [0, 0.1) is 11.3 Å². The molecule has 0 aromatic carbocycles. The lowest BCUT2D eigenvalue weighted by Gasteiger charge is -2.48. The van der Waals surface area contributed by atoms with Gasteiger partial charge in [0.25, 0.3) is 0 Å². The average Bonchev–Trinajstić information content (AvgIpc) is 3.19. The number of carbonyl (C=O) groups excluding carboxylic acids is 2. The van der Waals surface area contributed by atoms with Gasteiger partial charge in [0.1, 0.15) is 0 Å². The van der Waals surface area contributed by atoms with Crippen molar-refractivity contribution in [2.45, 2.75) is 51.5 Å². The van der Waals surface area contributed by atoms with Crippen molar-refractivity contribution in [2.75, 3.05) is 19.6 Å². The van der Waals surface area contributed by atoms with Crippen molar-refractivity contribution in [1.82, 2.24) is 9.80 Å². The SMILES string of the molecule is O=C1CCC2(CCN(C(=O)C3CC=CCC3)CC2)CN1Cc1ccoc1. The predicted molar refractivity (Wildman–Crippen MR) is 98.1 cm³/mol. The first-order valence-corrected chi connectivity index (χ1v) is 9.88. The molecule has 5 nitrogen and oxygen atoms in total. The van der Waals surface area contributed by atoms with Crippen LogP contribution < -0.4 is 0 Å². The molecule has 5 heteroatoms. The summed E-state index contributed by atoms with van der Waals surface area (Å²) >= 11 is 0. The summed E-state index contributed by atoms with van der Waals surface area (Å²) in [7, 11) is 0. The second-order valence-corrected chi connectivity index (χ2v) is 8.19. The Balaban J connectivity index is 1.35. The molecule has 0 radical (unpaired) electrons. The Morgan fingerprint density at radius 3 is 2.77 bits per heavy atom. The van der Waals surface area contributed by atoms with Crippen molar-refractivity contribution in [3.8, 4) is 0 Å². The number of nitrogens with zero attached hydrogens (tertiary/aromatic N) is 2. The minimum atomic E-state index is 0.180. The van der Waals surface area contributed by atoms with E-state index in [0.717, 1.165) is 63.7 Å². The highest BCUT2D eigenvalue weighted by Gasteiger charge is 2.42. The van der Waals surface area contributed by atoms with Crippen LogP contribution in [-0.2, 0) is 16.1 Å². The van der Waals surface area contributed by atoms with Crippen LogP contribution in [0.2, 0.25) is 0 Å². The van der Waals surface area contributed by atoms with E-state index in [4.69, 9.17) is 4.42 Å². The van der Waals surface area contributed by atoms with Crippen molar-refractivity contribution < 1.29 is 14.0 Å². The zero-order valence-corrected chi connectivity index (χ0v) is 15.4. The molecule has 0 saturated carbocycles. The van der Waals surface area contributed by atoms with Gasteiger partial charge in [-0.2, -0.15) is 0 Å². The molecule has 1 aromatic heterocycles. The van der Waals surface area contributed by atoms with E-state index < -0.39 is 0 Å². The van der Waals surface area contributed by atoms with Gasteiger partial charge in [-0.15, -0.1) is 0 Å². The summed E-state index contributed by atoms with van der Waals surface area (Å²) in [4.78, 5) is 29.2. The number of amides is 2. The van der Waals surface area contributed by atoms with Crippen molar-refractivity contribution in [3.05, 3.63) is 36.3 Å². The van der Waals surface area contributed by atoms with Crippen molar-refractivity contribution >= 4 is 11.8 Å². The molecule has 0 bridgehead atoms. The minimum absolute atomic E-state index is 0.180. The summed E-state index contributed by atoms with van der Waals surface area (Å²) in [5.41, 5.74) is 1.23. The number of furan rings is 1. The van der Waals surface area contributed by atoms with Crippen LogP contribution in [0.25, 0.3) is 0 Å². The molecule has 4 rings (SSSR count). The third-order valence-electron chi connectivity index (χ3n) is 6.46. The van der Waals surface area contributed by atoms with Crippen LogP contribution in [-0.4, -0.2) is 41.2 Å². The van der Waals surface area contributed by atoms with Crippen LogP contribution in [0.5, 0.6) is 0 Å². The van der Waals surface area contributed by atoms with Crippen molar-refractivity contribution in [1.29, 1.82) is 0 Å². The van der Waals surface area contributed by atoms with Gasteiger partial charge in [-0.1, -0.05) is 12.2 Å².